The average Bonchev–Trinajstić information content (AvgIpc) is 2.58. The van der Waals surface area contributed by atoms with E-state index in [0.29, 0.717) is 16.9 Å². The molecule has 2 aromatic carbocycles. The average molecular weight is 312 g/mol. The first-order chi connectivity index (χ1) is 11.1. The Morgan fingerprint density at radius 3 is 2.17 bits per heavy atom. The molecule has 2 aromatic rings. The molecule has 0 aliphatic carbocycles. The summed E-state index contributed by atoms with van der Waals surface area (Å²) in [4.78, 5) is 34.2. The normalized spacial score (nSPS) is 9.91. The van der Waals surface area contributed by atoms with Crippen LogP contribution in [-0.2, 0) is 4.79 Å². The molecule has 0 aliphatic heterocycles. The predicted molar refractivity (Wildman–Crippen MR) is 84.2 cm³/mol. The van der Waals surface area contributed by atoms with E-state index in [1.807, 2.05) is 6.07 Å². The molecule has 118 valence electrons. The second-order valence-electron chi connectivity index (χ2n) is 4.75. The van der Waals surface area contributed by atoms with Crippen molar-refractivity contribution in [1.82, 2.24) is 5.32 Å². The van der Waals surface area contributed by atoms with Gasteiger partial charge in [0, 0.05) is 11.1 Å². The van der Waals surface area contributed by atoms with Crippen LogP contribution in [0.1, 0.15) is 20.7 Å². The van der Waals surface area contributed by atoms with Crippen LogP contribution < -0.4 is 15.8 Å². The highest BCUT2D eigenvalue weighted by Crippen LogP contribution is 2.13. The molecule has 2 amide bonds. The van der Waals surface area contributed by atoms with Gasteiger partial charge in [0.25, 0.3) is 5.91 Å². The third-order valence-corrected chi connectivity index (χ3v) is 3.01. The fraction of sp³-hybridized carbons (Fsp3) is 0.118. The van der Waals surface area contributed by atoms with Crippen molar-refractivity contribution in [2.75, 3.05) is 13.2 Å². The molecule has 23 heavy (non-hydrogen) atoms. The van der Waals surface area contributed by atoms with Crippen LogP contribution >= 0.6 is 0 Å². The number of nitrogens with two attached hydrogens (primary N) is 1. The van der Waals surface area contributed by atoms with Gasteiger partial charge in [-0.1, -0.05) is 30.3 Å². The Morgan fingerprint density at radius 1 is 0.913 bits per heavy atom. The summed E-state index contributed by atoms with van der Waals surface area (Å²) in [5.41, 5.74) is 5.90. The fourth-order valence-corrected chi connectivity index (χ4v) is 1.83. The molecule has 6 nitrogen and oxygen atoms in total. The van der Waals surface area contributed by atoms with E-state index >= 15 is 0 Å². The van der Waals surface area contributed by atoms with Gasteiger partial charge in [0.15, 0.2) is 12.4 Å². The van der Waals surface area contributed by atoms with Gasteiger partial charge in [-0.25, -0.2) is 0 Å². The van der Waals surface area contributed by atoms with Crippen molar-refractivity contribution in [1.29, 1.82) is 0 Å². The van der Waals surface area contributed by atoms with E-state index in [4.69, 9.17) is 10.5 Å². The number of benzene rings is 2. The van der Waals surface area contributed by atoms with Crippen LogP contribution in [0.3, 0.4) is 0 Å². The van der Waals surface area contributed by atoms with E-state index in [2.05, 4.69) is 5.32 Å². The number of hydrogen-bond donors (Lipinski definition) is 2. The van der Waals surface area contributed by atoms with Crippen LogP contribution in [0.15, 0.2) is 54.6 Å². The third kappa shape index (κ3) is 4.96. The van der Waals surface area contributed by atoms with Crippen molar-refractivity contribution < 1.29 is 19.1 Å². The number of amides is 2. The summed E-state index contributed by atoms with van der Waals surface area (Å²) in [7, 11) is 0. The lowest BCUT2D eigenvalue weighted by Gasteiger charge is -2.07. The number of Topliss-reactive ketones (excluding diaryl/α,β-unsaturated/α-hetero) is 1. The molecule has 2 rings (SSSR count). The lowest BCUT2D eigenvalue weighted by molar-refractivity contribution is -0.117. The van der Waals surface area contributed by atoms with Gasteiger partial charge >= 0.3 is 0 Å². The monoisotopic (exact) mass is 312 g/mol. The molecular weight excluding hydrogens is 296 g/mol. The van der Waals surface area contributed by atoms with E-state index in [1.54, 1.807) is 48.5 Å². The van der Waals surface area contributed by atoms with Crippen LogP contribution in [0, 0.1) is 0 Å². The molecule has 0 saturated carbocycles. The molecule has 0 bridgehead atoms. The summed E-state index contributed by atoms with van der Waals surface area (Å²) in [5, 5.41) is 2.38. The van der Waals surface area contributed by atoms with E-state index in [1.165, 1.54) is 0 Å². The predicted octanol–water partition coefficient (Wildman–Crippen LogP) is 1.16. The lowest BCUT2D eigenvalue weighted by atomic mass is 10.1. The number of carbonyl (C=O) groups is 3. The van der Waals surface area contributed by atoms with Gasteiger partial charge in [0.2, 0.25) is 5.91 Å². The molecule has 0 unspecified atom stereocenters. The zero-order valence-corrected chi connectivity index (χ0v) is 12.3. The zero-order chi connectivity index (χ0) is 16.7. The lowest BCUT2D eigenvalue weighted by Crippen LogP contribution is -2.33. The number of rotatable bonds is 7. The van der Waals surface area contributed by atoms with Crippen molar-refractivity contribution in [3.05, 3.63) is 65.7 Å². The molecule has 0 aliphatic rings. The van der Waals surface area contributed by atoms with Crippen LogP contribution in [0.5, 0.6) is 5.75 Å². The molecule has 0 saturated heterocycles. The first-order valence-corrected chi connectivity index (χ1v) is 6.94. The summed E-state index contributed by atoms with van der Waals surface area (Å²) in [6, 6.07) is 15.1. The fourth-order valence-electron chi connectivity index (χ4n) is 1.83. The Balaban J connectivity index is 1.89. The van der Waals surface area contributed by atoms with E-state index in [0.717, 1.165) is 0 Å². The van der Waals surface area contributed by atoms with E-state index in [9.17, 15) is 14.4 Å². The highest BCUT2D eigenvalue weighted by atomic mass is 16.5. The van der Waals surface area contributed by atoms with Crippen LogP contribution in [0.4, 0.5) is 0 Å². The van der Waals surface area contributed by atoms with Gasteiger partial charge < -0.3 is 15.8 Å². The Bertz CT molecular complexity index is 696. The SMILES string of the molecule is NC(=O)CNC(=O)c1ccc(OCC(=O)c2ccccc2)cc1. The standard InChI is InChI=1S/C17H16N2O4/c18-16(21)10-19-17(22)13-6-8-14(9-7-13)23-11-15(20)12-4-2-1-3-5-12/h1-9H,10-11H2,(H2,18,21)(H,19,22). The minimum atomic E-state index is -0.613. The van der Waals surface area contributed by atoms with E-state index in [-0.39, 0.29) is 18.9 Å². The maximum Gasteiger partial charge on any atom is 0.251 e. The summed E-state index contributed by atoms with van der Waals surface area (Å²) < 4.78 is 5.40. The molecule has 3 N–H and O–H groups in total. The number of carbonyl (C=O) groups excluding carboxylic acids is 3. The Hall–Kier alpha value is -3.15. The molecule has 0 heterocycles. The van der Waals surface area contributed by atoms with Gasteiger partial charge in [0.05, 0.1) is 6.54 Å². The highest BCUT2D eigenvalue weighted by molar-refractivity contribution is 5.97. The zero-order valence-electron chi connectivity index (χ0n) is 12.3. The number of hydrogen-bond acceptors (Lipinski definition) is 4. The maximum atomic E-state index is 11.9. The first-order valence-electron chi connectivity index (χ1n) is 6.94. The van der Waals surface area contributed by atoms with Crippen LogP contribution in [0.25, 0.3) is 0 Å². The molecule has 0 aromatic heterocycles. The van der Waals surface area contributed by atoms with Gasteiger partial charge in [-0.05, 0) is 24.3 Å². The topological polar surface area (TPSA) is 98.5 Å². The van der Waals surface area contributed by atoms with Gasteiger partial charge in [-0.2, -0.15) is 0 Å². The Kier molecular flexibility index (Phi) is 5.46. The second kappa shape index (κ2) is 7.74. The van der Waals surface area contributed by atoms with Gasteiger partial charge in [0.1, 0.15) is 5.75 Å². The smallest absolute Gasteiger partial charge is 0.251 e. The van der Waals surface area contributed by atoms with Crippen molar-refractivity contribution in [3.8, 4) is 5.75 Å². The third-order valence-electron chi connectivity index (χ3n) is 3.01. The summed E-state index contributed by atoms with van der Waals surface area (Å²) >= 11 is 0. The van der Waals surface area contributed by atoms with Crippen LogP contribution in [0.2, 0.25) is 0 Å². The maximum absolute atomic E-state index is 11.9. The molecule has 0 radical (unpaired) electrons. The number of ether oxygens (including phenoxy) is 1. The molecule has 0 atom stereocenters. The van der Waals surface area contributed by atoms with Crippen molar-refractivity contribution >= 4 is 17.6 Å². The minimum absolute atomic E-state index is 0.0861. The highest BCUT2D eigenvalue weighted by Gasteiger charge is 2.08. The Labute approximate surface area is 133 Å². The van der Waals surface area contributed by atoms with Crippen molar-refractivity contribution in [3.63, 3.8) is 0 Å². The summed E-state index contributed by atoms with van der Waals surface area (Å²) in [6.45, 7) is -0.306. The van der Waals surface area contributed by atoms with Gasteiger partial charge in [-0.15, -0.1) is 0 Å². The number of ketones is 1. The number of nitrogens with one attached hydrogen (secondary N) is 1. The van der Waals surface area contributed by atoms with Crippen LogP contribution in [-0.4, -0.2) is 30.7 Å². The largest absolute Gasteiger partial charge is 0.485 e. The second-order valence-corrected chi connectivity index (χ2v) is 4.75. The molecule has 0 fully saturated rings. The molecule has 0 spiro atoms. The summed E-state index contributed by atoms with van der Waals surface area (Å²) in [6.07, 6.45) is 0. The number of primary amides is 1. The van der Waals surface area contributed by atoms with E-state index < -0.39 is 11.8 Å². The Morgan fingerprint density at radius 2 is 1.57 bits per heavy atom. The molecule has 6 heteroatoms. The van der Waals surface area contributed by atoms with Crippen molar-refractivity contribution in [2.45, 2.75) is 0 Å². The molecular formula is C17H16N2O4. The minimum Gasteiger partial charge on any atom is -0.485 e. The summed E-state index contributed by atoms with van der Waals surface area (Å²) in [5.74, 6) is -0.678. The first kappa shape index (κ1) is 16.2. The van der Waals surface area contributed by atoms with Crippen molar-refractivity contribution in [2.24, 2.45) is 5.73 Å². The van der Waals surface area contributed by atoms with Gasteiger partial charge in [-0.3, -0.25) is 14.4 Å². The quantitative estimate of drug-likeness (QED) is 0.750.